The molecule has 0 spiro atoms. The predicted octanol–water partition coefficient (Wildman–Crippen LogP) is 2.71. The highest BCUT2D eigenvalue weighted by molar-refractivity contribution is 5.76. The van der Waals surface area contributed by atoms with Crippen LogP contribution in [0.4, 0.5) is 0 Å². The Labute approximate surface area is 139 Å². The molecule has 1 aliphatic rings. The molecule has 0 bridgehead atoms. The number of ether oxygens (including phenoxy) is 1. The molecule has 1 aromatic carbocycles. The Kier molecular flexibility index (Phi) is 3.69. The fourth-order valence-corrected chi connectivity index (χ4v) is 3.48. The first-order valence-electron chi connectivity index (χ1n) is 8.30. The zero-order chi connectivity index (χ0) is 16.7. The molecule has 0 aliphatic carbocycles. The molecular weight excluding hydrogens is 304 g/mol. The van der Waals surface area contributed by atoms with Crippen molar-refractivity contribution in [1.82, 2.24) is 19.6 Å². The summed E-state index contributed by atoms with van der Waals surface area (Å²) in [6.45, 7) is 4.08. The standard InChI is InChI=1S/C18H20N4O2/c1-12-8-16(9-13(2)24-12)22-18(23)17-14(10-19-22)11-21(20-17)15-6-4-3-5-7-15/h3-7,10-13,16H,8-9H2,1-2H3. The molecule has 2 unspecified atom stereocenters. The van der Waals surface area contributed by atoms with Crippen LogP contribution in [0.3, 0.4) is 0 Å². The number of nitrogens with zero attached hydrogens (tertiary/aromatic N) is 4. The van der Waals surface area contributed by atoms with Crippen LogP contribution in [0.2, 0.25) is 0 Å². The number of hydrogen-bond acceptors (Lipinski definition) is 4. The maximum Gasteiger partial charge on any atom is 0.295 e. The van der Waals surface area contributed by atoms with Gasteiger partial charge in [0.25, 0.3) is 5.56 Å². The molecule has 4 rings (SSSR count). The summed E-state index contributed by atoms with van der Waals surface area (Å²) in [5, 5.41) is 9.65. The van der Waals surface area contributed by atoms with Crippen molar-refractivity contribution in [3.8, 4) is 5.69 Å². The van der Waals surface area contributed by atoms with Crippen LogP contribution >= 0.6 is 0 Å². The van der Waals surface area contributed by atoms with Gasteiger partial charge in [0.15, 0.2) is 5.52 Å². The third-order valence-corrected chi connectivity index (χ3v) is 4.51. The minimum absolute atomic E-state index is 0.0579. The minimum atomic E-state index is -0.131. The molecule has 3 heterocycles. The van der Waals surface area contributed by atoms with E-state index in [0.29, 0.717) is 5.52 Å². The topological polar surface area (TPSA) is 61.9 Å². The Morgan fingerprint density at radius 1 is 1.12 bits per heavy atom. The lowest BCUT2D eigenvalue weighted by molar-refractivity contribution is -0.0513. The van der Waals surface area contributed by atoms with Crippen LogP contribution in [0.25, 0.3) is 16.6 Å². The summed E-state index contributed by atoms with van der Waals surface area (Å²) in [5.41, 5.74) is 1.25. The second kappa shape index (κ2) is 5.87. The Morgan fingerprint density at radius 3 is 2.54 bits per heavy atom. The van der Waals surface area contributed by atoms with Crippen LogP contribution < -0.4 is 5.56 Å². The van der Waals surface area contributed by atoms with Gasteiger partial charge in [0.2, 0.25) is 0 Å². The van der Waals surface area contributed by atoms with Crippen LogP contribution in [0.5, 0.6) is 0 Å². The van der Waals surface area contributed by atoms with Crippen molar-refractivity contribution in [2.45, 2.75) is 44.9 Å². The summed E-state index contributed by atoms with van der Waals surface area (Å²) in [4.78, 5) is 12.9. The lowest BCUT2D eigenvalue weighted by Crippen LogP contribution is -2.36. The zero-order valence-electron chi connectivity index (χ0n) is 13.8. The summed E-state index contributed by atoms with van der Waals surface area (Å²) in [6.07, 6.45) is 5.42. The Hall–Kier alpha value is -2.47. The van der Waals surface area contributed by atoms with Crippen LogP contribution in [0.15, 0.2) is 47.5 Å². The van der Waals surface area contributed by atoms with Gasteiger partial charge < -0.3 is 4.74 Å². The SMILES string of the molecule is CC1CC(n2ncc3cn(-c4ccccc4)nc3c2=O)CC(C)O1. The quantitative estimate of drug-likeness (QED) is 0.727. The molecule has 0 radical (unpaired) electrons. The van der Waals surface area contributed by atoms with Gasteiger partial charge in [0, 0.05) is 11.6 Å². The zero-order valence-corrected chi connectivity index (χ0v) is 13.8. The van der Waals surface area contributed by atoms with E-state index in [9.17, 15) is 4.79 Å². The molecule has 3 aromatic rings. The van der Waals surface area contributed by atoms with Crippen LogP contribution in [-0.4, -0.2) is 31.8 Å². The molecule has 0 amide bonds. The van der Waals surface area contributed by atoms with E-state index in [1.54, 1.807) is 15.6 Å². The van der Waals surface area contributed by atoms with E-state index in [1.807, 2.05) is 50.4 Å². The fourth-order valence-electron chi connectivity index (χ4n) is 3.48. The van der Waals surface area contributed by atoms with Crippen molar-refractivity contribution < 1.29 is 4.74 Å². The van der Waals surface area contributed by atoms with Crippen molar-refractivity contribution in [2.24, 2.45) is 0 Å². The summed E-state index contributed by atoms with van der Waals surface area (Å²) in [5.74, 6) is 0. The fraction of sp³-hybridized carbons (Fsp3) is 0.389. The van der Waals surface area contributed by atoms with Crippen molar-refractivity contribution in [3.05, 3.63) is 53.1 Å². The number of para-hydroxylation sites is 1. The number of benzene rings is 1. The van der Waals surface area contributed by atoms with Crippen molar-refractivity contribution in [3.63, 3.8) is 0 Å². The molecule has 1 fully saturated rings. The number of rotatable bonds is 2. The predicted molar refractivity (Wildman–Crippen MR) is 91.4 cm³/mol. The van der Waals surface area contributed by atoms with Gasteiger partial charge >= 0.3 is 0 Å². The monoisotopic (exact) mass is 324 g/mol. The average molecular weight is 324 g/mol. The van der Waals surface area contributed by atoms with E-state index in [2.05, 4.69) is 10.2 Å². The van der Waals surface area contributed by atoms with E-state index < -0.39 is 0 Å². The van der Waals surface area contributed by atoms with E-state index in [0.717, 1.165) is 23.9 Å². The largest absolute Gasteiger partial charge is 0.375 e. The average Bonchev–Trinajstić information content (AvgIpc) is 3.00. The van der Waals surface area contributed by atoms with Gasteiger partial charge in [-0.25, -0.2) is 9.36 Å². The smallest absolute Gasteiger partial charge is 0.295 e. The van der Waals surface area contributed by atoms with Gasteiger partial charge in [-0.1, -0.05) is 18.2 Å². The Morgan fingerprint density at radius 2 is 1.83 bits per heavy atom. The first-order valence-corrected chi connectivity index (χ1v) is 8.30. The lowest BCUT2D eigenvalue weighted by atomic mass is 10.00. The molecule has 0 saturated carbocycles. The van der Waals surface area contributed by atoms with Gasteiger partial charge in [-0.3, -0.25) is 4.79 Å². The Bertz CT molecular complexity index is 906. The number of aromatic nitrogens is 4. The molecule has 124 valence electrons. The van der Waals surface area contributed by atoms with Crippen LogP contribution in [0.1, 0.15) is 32.7 Å². The maximum atomic E-state index is 12.9. The molecule has 2 aromatic heterocycles. The normalized spacial score (nSPS) is 24.3. The highest BCUT2D eigenvalue weighted by Crippen LogP contribution is 2.27. The second-order valence-corrected chi connectivity index (χ2v) is 6.49. The van der Waals surface area contributed by atoms with Crippen molar-refractivity contribution in [2.75, 3.05) is 0 Å². The maximum absolute atomic E-state index is 12.9. The van der Waals surface area contributed by atoms with Crippen LogP contribution in [-0.2, 0) is 4.74 Å². The lowest BCUT2D eigenvalue weighted by Gasteiger charge is -2.32. The summed E-state index contributed by atoms with van der Waals surface area (Å²) in [7, 11) is 0. The van der Waals surface area contributed by atoms with E-state index in [4.69, 9.17) is 4.74 Å². The molecule has 2 atom stereocenters. The third kappa shape index (κ3) is 2.63. The highest BCUT2D eigenvalue weighted by atomic mass is 16.5. The summed E-state index contributed by atoms with van der Waals surface area (Å²) >= 11 is 0. The molecule has 6 nitrogen and oxygen atoms in total. The van der Waals surface area contributed by atoms with E-state index in [-0.39, 0.29) is 23.8 Å². The van der Waals surface area contributed by atoms with Gasteiger partial charge in [-0.2, -0.15) is 10.2 Å². The highest BCUT2D eigenvalue weighted by Gasteiger charge is 2.27. The Balaban J connectivity index is 1.77. The first-order chi connectivity index (χ1) is 11.6. The second-order valence-electron chi connectivity index (χ2n) is 6.49. The number of fused-ring (bicyclic) bond motifs is 1. The summed E-state index contributed by atoms with van der Waals surface area (Å²) in [6, 6.07) is 9.82. The molecule has 1 aliphatic heterocycles. The number of hydrogen-bond donors (Lipinski definition) is 0. The summed E-state index contributed by atoms with van der Waals surface area (Å²) < 4.78 is 9.08. The van der Waals surface area contributed by atoms with Crippen molar-refractivity contribution >= 4 is 10.9 Å². The van der Waals surface area contributed by atoms with E-state index >= 15 is 0 Å². The van der Waals surface area contributed by atoms with Crippen LogP contribution in [0, 0.1) is 0 Å². The molecule has 6 heteroatoms. The molecule has 0 N–H and O–H groups in total. The molecule has 1 saturated heterocycles. The molecule has 24 heavy (non-hydrogen) atoms. The van der Waals surface area contributed by atoms with E-state index in [1.165, 1.54) is 0 Å². The van der Waals surface area contributed by atoms with Gasteiger partial charge in [-0.05, 0) is 38.8 Å². The minimum Gasteiger partial charge on any atom is -0.375 e. The van der Waals surface area contributed by atoms with Gasteiger partial charge in [-0.15, -0.1) is 0 Å². The van der Waals surface area contributed by atoms with Gasteiger partial charge in [0.1, 0.15) is 0 Å². The van der Waals surface area contributed by atoms with Crippen molar-refractivity contribution in [1.29, 1.82) is 0 Å². The third-order valence-electron chi connectivity index (χ3n) is 4.51. The van der Waals surface area contributed by atoms with Gasteiger partial charge in [0.05, 0.1) is 30.1 Å². The first kappa shape index (κ1) is 15.1. The molecular formula is C18H20N4O2.